The number of aliphatic hydroxyl groups excluding tert-OH is 1. The molecule has 1 aliphatic heterocycles. The standard InChI is InChI=1S/C27H31FN6O2/c1-32-17-19(15-30-32)27-16-29-25-7-6-21(14-26(25)31-27)34(23-11-20(28)12-24(13-23)36-2)10-4-9-33-8-3-5-22(33)18-35/h6-7,11-17,22,35H,3-5,8-10,18H2,1-2H3/t22-/m0/s1. The maximum absolute atomic E-state index is 14.5. The van der Waals surface area contributed by atoms with Crippen LogP contribution in [0.15, 0.2) is 55.0 Å². The van der Waals surface area contributed by atoms with Crippen molar-refractivity contribution in [3.8, 4) is 17.0 Å². The smallest absolute Gasteiger partial charge is 0.128 e. The van der Waals surface area contributed by atoms with Crippen LogP contribution in [0.3, 0.4) is 0 Å². The van der Waals surface area contributed by atoms with E-state index in [4.69, 9.17) is 9.72 Å². The highest BCUT2D eigenvalue weighted by Gasteiger charge is 2.23. The lowest BCUT2D eigenvalue weighted by Gasteiger charge is -2.28. The van der Waals surface area contributed by atoms with E-state index in [0.717, 1.165) is 60.3 Å². The molecule has 5 rings (SSSR count). The predicted molar refractivity (Wildman–Crippen MR) is 138 cm³/mol. The molecule has 1 saturated heterocycles. The molecule has 3 heterocycles. The minimum atomic E-state index is -0.353. The van der Waals surface area contributed by atoms with Crippen LogP contribution in [-0.4, -0.2) is 69.1 Å². The predicted octanol–water partition coefficient (Wildman–Crippen LogP) is 4.16. The summed E-state index contributed by atoms with van der Waals surface area (Å²) >= 11 is 0. The van der Waals surface area contributed by atoms with Crippen LogP contribution in [-0.2, 0) is 7.05 Å². The number of aromatic nitrogens is 4. The minimum absolute atomic E-state index is 0.188. The van der Waals surface area contributed by atoms with E-state index in [1.165, 1.54) is 19.2 Å². The van der Waals surface area contributed by atoms with E-state index in [9.17, 15) is 9.50 Å². The van der Waals surface area contributed by atoms with E-state index < -0.39 is 0 Å². The monoisotopic (exact) mass is 490 g/mol. The number of anilines is 2. The Morgan fingerprint density at radius 3 is 2.81 bits per heavy atom. The molecule has 9 heteroatoms. The first-order valence-corrected chi connectivity index (χ1v) is 12.3. The molecule has 36 heavy (non-hydrogen) atoms. The molecule has 0 radical (unpaired) electrons. The van der Waals surface area contributed by atoms with Crippen LogP contribution < -0.4 is 9.64 Å². The van der Waals surface area contributed by atoms with Crippen molar-refractivity contribution in [3.05, 3.63) is 60.8 Å². The summed E-state index contributed by atoms with van der Waals surface area (Å²) in [5.41, 5.74) is 4.78. The second kappa shape index (κ2) is 10.6. The zero-order valence-electron chi connectivity index (χ0n) is 20.6. The number of benzene rings is 2. The summed E-state index contributed by atoms with van der Waals surface area (Å²) in [6.45, 7) is 2.73. The molecule has 2 aromatic carbocycles. The van der Waals surface area contributed by atoms with Crippen molar-refractivity contribution in [1.29, 1.82) is 0 Å². The number of rotatable bonds is 9. The van der Waals surface area contributed by atoms with E-state index in [-0.39, 0.29) is 18.5 Å². The minimum Gasteiger partial charge on any atom is -0.497 e. The summed E-state index contributed by atoms with van der Waals surface area (Å²) in [4.78, 5) is 13.9. The van der Waals surface area contributed by atoms with Gasteiger partial charge in [0.1, 0.15) is 11.6 Å². The van der Waals surface area contributed by atoms with Gasteiger partial charge < -0.3 is 14.7 Å². The quantitative estimate of drug-likeness (QED) is 0.377. The fourth-order valence-electron chi connectivity index (χ4n) is 4.92. The van der Waals surface area contributed by atoms with Gasteiger partial charge in [0.2, 0.25) is 0 Å². The SMILES string of the molecule is COc1cc(F)cc(N(CCCN2CCC[C@H]2CO)c2ccc3ncc(-c4cnn(C)c4)nc3c2)c1. The van der Waals surface area contributed by atoms with Crippen LogP contribution in [0.4, 0.5) is 15.8 Å². The van der Waals surface area contributed by atoms with Crippen LogP contribution >= 0.6 is 0 Å². The number of nitrogens with zero attached hydrogens (tertiary/aromatic N) is 6. The van der Waals surface area contributed by atoms with Crippen molar-refractivity contribution >= 4 is 22.4 Å². The van der Waals surface area contributed by atoms with E-state index >= 15 is 0 Å². The van der Waals surface area contributed by atoms with Gasteiger partial charge in [-0.25, -0.2) is 9.37 Å². The van der Waals surface area contributed by atoms with Gasteiger partial charge in [0.15, 0.2) is 0 Å². The molecule has 1 atom stereocenters. The van der Waals surface area contributed by atoms with Crippen molar-refractivity contribution in [2.24, 2.45) is 7.05 Å². The van der Waals surface area contributed by atoms with Gasteiger partial charge in [0.05, 0.1) is 42.8 Å². The normalized spacial score (nSPS) is 16.1. The molecule has 0 unspecified atom stereocenters. The Kier molecular flexibility index (Phi) is 7.11. The van der Waals surface area contributed by atoms with Crippen molar-refractivity contribution in [3.63, 3.8) is 0 Å². The van der Waals surface area contributed by atoms with Gasteiger partial charge in [-0.05, 0) is 50.1 Å². The van der Waals surface area contributed by atoms with E-state index in [2.05, 4.69) is 19.9 Å². The number of fused-ring (bicyclic) bond motifs is 1. The molecule has 0 amide bonds. The number of aliphatic hydroxyl groups is 1. The number of hydrogen-bond donors (Lipinski definition) is 1. The number of halogens is 1. The van der Waals surface area contributed by atoms with Crippen LogP contribution in [0, 0.1) is 5.82 Å². The first kappa shape index (κ1) is 24.1. The molecule has 0 aliphatic carbocycles. The summed E-state index contributed by atoms with van der Waals surface area (Å²) in [6.07, 6.45) is 8.42. The summed E-state index contributed by atoms with van der Waals surface area (Å²) < 4.78 is 21.6. The average Bonchev–Trinajstić information content (AvgIpc) is 3.54. The highest BCUT2D eigenvalue weighted by atomic mass is 19.1. The lowest BCUT2D eigenvalue weighted by atomic mass is 10.1. The molecule has 188 valence electrons. The van der Waals surface area contributed by atoms with Crippen molar-refractivity contribution in [2.45, 2.75) is 25.3 Å². The topological polar surface area (TPSA) is 79.5 Å². The Labute approximate surface area is 210 Å². The molecule has 0 spiro atoms. The molecule has 1 aliphatic rings. The molecule has 1 N–H and O–H groups in total. The summed E-state index contributed by atoms with van der Waals surface area (Å²) in [5.74, 6) is 0.114. The third kappa shape index (κ3) is 5.17. The number of methoxy groups -OCH3 is 1. The number of aryl methyl sites for hydroxylation is 1. The Morgan fingerprint density at radius 1 is 1.14 bits per heavy atom. The van der Waals surface area contributed by atoms with E-state index in [1.54, 1.807) is 17.1 Å². The highest BCUT2D eigenvalue weighted by Crippen LogP contribution is 2.32. The molecule has 4 aromatic rings. The summed E-state index contributed by atoms with van der Waals surface area (Å²) in [5, 5.41) is 13.9. The Morgan fingerprint density at radius 2 is 2.03 bits per heavy atom. The van der Waals surface area contributed by atoms with Gasteiger partial charge in [-0.15, -0.1) is 0 Å². The fourth-order valence-corrected chi connectivity index (χ4v) is 4.92. The van der Waals surface area contributed by atoms with Gasteiger partial charge in [-0.3, -0.25) is 14.6 Å². The Balaban J connectivity index is 1.47. The van der Waals surface area contributed by atoms with Gasteiger partial charge in [-0.2, -0.15) is 5.10 Å². The molecule has 1 fully saturated rings. The molecular formula is C27H31FN6O2. The largest absolute Gasteiger partial charge is 0.497 e. The molecule has 0 saturated carbocycles. The number of ether oxygens (including phenoxy) is 1. The van der Waals surface area contributed by atoms with Crippen LogP contribution in [0.2, 0.25) is 0 Å². The molecule has 0 bridgehead atoms. The van der Waals surface area contributed by atoms with Crippen LogP contribution in [0.1, 0.15) is 19.3 Å². The lowest BCUT2D eigenvalue weighted by Crippen LogP contribution is -2.34. The van der Waals surface area contributed by atoms with Gasteiger partial charge in [0, 0.05) is 61.4 Å². The average molecular weight is 491 g/mol. The van der Waals surface area contributed by atoms with Gasteiger partial charge >= 0.3 is 0 Å². The zero-order valence-corrected chi connectivity index (χ0v) is 20.6. The van der Waals surface area contributed by atoms with Crippen molar-refractivity contribution in [2.75, 3.05) is 38.3 Å². The second-order valence-electron chi connectivity index (χ2n) is 9.20. The first-order valence-electron chi connectivity index (χ1n) is 12.3. The van der Waals surface area contributed by atoms with E-state index in [0.29, 0.717) is 18.0 Å². The lowest BCUT2D eigenvalue weighted by molar-refractivity contribution is 0.158. The van der Waals surface area contributed by atoms with E-state index in [1.807, 2.05) is 37.5 Å². The number of likely N-dealkylation sites (tertiary alicyclic amines) is 1. The van der Waals surface area contributed by atoms with Gasteiger partial charge in [0.25, 0.3) is 0 Å². The van der Waals surface area contributed by atoms with Crippen molar-refractivity contribution in [1.82, 2.24) is 24.6 Å². The first-order chi connectivity index (χ1) is 17.5. The summed E-state index contributed by atoms with van der Waals surface area (Å²) in [6, 6.07) is 10.9. The maximum atomic E-state index is 14.5. The zero-order chi connectivity index (χ0) is 25.1. The summed E-state index contributed by atoms with van der Waals surface area (Å²) in [7, 11) is 3.41. The molecular weight excluding hydrogens is 459 g/mol. The molecule has 2 aromatic heterocycles. The second-order valence-corrected chi connectivity index (χ2v) is 9.20. The highest BCUT2D eigenvalue weighted by molar-refractivity contribution is 5.82. The van der Waals surface area contributed by atoms with Crippen LogP contribution in [0.25, 0.3) is 22.3 Å². The third-order valence-corrected chi connectivity index (χ3v) is 6.78. The number of hydrogen-bond acceptors (Lipinski definition) is 7. The fraction of sp³-hybridized carbons (Fsp3) is 0.370. The Bertz CT molecular complexity index is 1340. The van der Waals surface area contributed by atoms with Crippen LogP contribution in [0.5, 0.6) is 5.75 Å². The van der Waals surface area contributed by atoms with Gasteiger partial charge in [-0.1, -0.05) is 0 Å². The Hall–Kier alpha value is -3.56. The molecule has 8 nitrogen and oxygen atoms in total. The van der Waals surface area contributed by atoms with Crippen molar-refractivity contribution < 1.29 is 14.2 Å². The third-order valence-electron chi connectivity index (χ3n) is 6.78. The maximum Gasteiger partial charge on any atom is 0.128 e.